The number of carbonyl (C=O) groups is 1. The molecule has 0 aliphatic heterocycles. The number of fused-ring (bicyclic) bond motifs is 1. The number of carbonyl (C=O) groups excluding carboxylic acids is 1. The number of ketones is 1. The standard InChI is InChI=1S/C17H16N2O/c1-11-7-16-17(8-12(11)2)19(10-18-16)15-6-4-5-14(9-15)13(3)20/h4-10H,1-3H3. The Morgan fingerprint density at radius 2 is 1.85 bits per heavy atom. The highest BCUT2D eigenvalue weighted by atomic mass is 16.1. The van der Waals surface area contributed by atoms with Gasteiger partial charge >= 0.3 is 0 Å². The van der Waals surface area contributed by atoms with Gasteiger partial charge in [0.05, 0.1) is 11.0 Å². The molecule has 20 heavy (non-hydrogen) atoms. The summed E-state index contributed by atoms with van der Waals surface area (Å²) in [4.78, 5) is 16.0. The first-order valence-corrected chi connectivity index (χ1v) is 6.62. The Kier molecular flexibility index (Phi) is 2.90. The second-order valence-corrected chi connectivity index (χ2v) is 5.15. The van der Waals surface area contributed by atoms with Crippen molar-refractivity contribution in [2.24, 2.45) is 0 Å². The molecule has 100 valence electrons. The molecule has 0 amide bonds. The molecular formula is C17H16N2O. The molecule has 0 N–H and O–H groups in total. The van der Waals surface area contributed by atoms with Gasteiger partial charge in [-0.3, -0.25) is 9.36 Å². The van der Waals surface area contributed by atoms with E-state index in [1.165, 1.54) is 11.1 Å². The van der Waals surface area contributed by atoms with Crippen molar-refractivity contribution in [3.05, 3.63) is 59.4 Å². The van der Waals surface area contributed by atoms with Crippen LogP contribution in [0.4, 0.5) is 0 Å². The molecular weight excluding hydrogens is 248 g/mol. The van der Waals surface area contributed by atoms with Crippen LogP contribution < -0.4 is 0 Å². The Bertz CT molecular complexity index is 815. The second kappa shape index (κ2) is 4.60. The Morgan fingerprint density at radius 3 is 2.60 bits per heavy atom. The fourth-order valence-electron chi connectivity index (χ4n) is 2.34. The first-order chi connectivity index (χ1) is 9.56. The number of aryl methyl sites for hydroxylation is 2. The summed E-state index contributed by atoms with van der Waals surface area (Å²) in [6, 6.07) is 11.9. The van der Waals surface area contributed by atoms with Gasteiger partial charge in [0.2, 0.25) is 0 Å². The topological polar surface area (TPSA) is 34.9 Å². The molecule has 1 aromatic heterocycles. The summed E-state index contributed by atoms with van der Waals surface area (Å²) in [7, 11) is 0. The van der Waals surface area contributed by atoms with Crippen molar-refractivity contribution in [2.75, 3.05) is 0 Å². The molecule has 0 atom stereocenters. The van der Waals surface area contributed by atoms with Crippen molar-refractivity contribution < 1.29 is 4.79 Å². The number of hydrogen-bond donors (Lipinski definition) is 0. The molecule has 0 fully saturated rings. The summed E-state index contributed by atoms with van der Waals surface area (Å²) in [5, 5.41) is 0. The van der Waals surface area contributed by atoms with Crippen molar-refractivity contribution in [3.63, 3.8) is 0 Å². The summed E-state index contributed by atoms with van der Waals surface area (Å²) in [6.45, 7) is 5.76. The van der Waals surface area contributed by atoms with Crippen LogP contribution >= 0.6 is 0 Å². The lowest BCUT2D eigenvalue weighted by molar-refractivity contribution is 0.101. The molecule has 0 aliphatic rings. The molecule has 0 aliphatic carbocycles. The molecule has 0 saturated heterocycles. The van der Waals surface area contributed by atoms with Gasteiger partial charge in [-0.05, 0) is 56.2 Å². The first kappa shape index (κ1) is 12.6. The zero-order valence-corrected chi connectivity index (χ0v) is 11.8. The van der Waals surface area contributed by atoms with Crippen LogP contribution in [0.5, 0.6) is 0 Å². The largest absolute Gasteiger partial charge is 0.299 e. The third-order valence-electron chi connectivity index (χ3n) is 3.69. The Balaban J connectivity index is 2.22. The van der Waals surface area contributed by atoms with Gasteiger partial charge in [-0.15, -0.1) is 0 Å². The van der Waals surface area contributed by atoms with Crippen LogP contribution in [-0.2, 0) is 0 Å². The van der Waals surface area contributed by atoms with Crippen molar-refractivity contribution in [2.45, 2.75) is 20.8 Å². The molecule has 3 nitrogen and oxygen atoms in total. The van der Waals surface area contributed by atoms with Gasteiger partial charge in [-0.1, -0.05) is 12.1 Å². The summed E-state index contributed by atoms with van der Waals surface area (Å²) >= 11 is 0. The van der Waals surface area contributed by atoms with Crippen molar-refractivity contribution in [1.82, 2.24) is 9.55 Å². The van der Waals surface area contributed by atoms with Crippen LogP contribution in [0.25, 0.3) is 16.7 Å². The summed E-state index contributed by atoms with van der Waals surface area (Å²) in [6.07, 6.45) is 1.81. The van der Waals surface area contributed by atoms with Gasteiger partial charge in [0.1, 0.15) is 6.33 Å². The van der Waals surface area contributed by atoms with Crippen LogP contribution in [0.15, 0.2) is 42.7 Å². The minimum Gasteiger partial charge on any atom is -0.299 e. The molecule has 0 bridgehead atoms. The molecule has 0 radical (unpaired) electrons. The second-order valence-electron chi connectivity index (χ2n) is 5.15. The quantitative estimate of drug-likeness (QED) is 0.659. The van der Waals surface area contributed by atoms with Gasteiger partial charge in [0.15, 0.2) is 5.78 Å². The highest BCUT2D eigenvalue weighted by molar-refractivity contribution is 5.94. The van der Waals surface area contributed by atoms with E-state index in [0.717, 1.165) is 16.7 Å². The molecule has 0 unspecified atom stereocenters. The smallest absolute Gasteiger partial charge is 0.159 e. The molecule has 3 aromatic rings. The highest BCUT2D eigenvalue weighted by Gasteiger charge is 2.08. The van der Waals surface area contributed by atoms with Gasteiger partial charge in [0.25, 0.3) is 0 Å². The number of benzene rings is 2. The average Bonchev–Trinajstić information content (AvgIpc) is 2.82. The van der Waals surface area contributed by atoms with Gasteiger partial charge in [0, 0.05) is 11.3 Å². The number of aromatic nitrogens is 2. The molecule has 1 heterocycles. The Labute approximate surface area is 117 Å². The third-order valence-corrected chi connectivity index (χ3v) is 3.69. The lowest BCUT2D eigenvalue weighted by atomic mass is 10.1. The highest BCUT2D eigenvalue weighted by Crippen LogP contribution is 2.22. The van der Waals surface area contributed by atoms with E-state index in [2.05, 4.69) is 31.0 Å². The molecule has 3 heteroatoms. The summed E-state index contributed by atoms with van der Waals surface area (Å²) in [5.41, 5.74) is 6.19. The maximum atomic E-state index is 11.5. The zero-order valence-electron chi connectivity index (χ0n) is 11.8. The molecule has 0 spiro atoms. The van der Waals surface area contributed by atoms with Crippen LogP contribution in [0.3, 0.4) is 0 Å². The maximum Gasteiger partial charge on any atom is 0.159 e. The zero-order chi connectivity index (χ0) is 14.3. The predicted octanol–water partition coefficient (Wildman–Crippen LogP) is 3.84. The lowest BCUT2D eigenvalue weighted by Gasteiger charge is -2.07. The molecule has 2 aromatic carbocycles. The molecule has 0 saturated carbocycles. The lowest BCUT2D eigenvalue weighted by Crippen LogP contribution is -1.97. The minimum atomic E-state index is 0.0725. The van der Waals surface area contributed by atoms with E-state index < -0.39 is 0 Å². The van der Waals surface area contributed by atoms with Gasteiger partial charge in [-0.25, -0.2) is 4.98 Å². The number of Topliss-reactive ketones (excluding diaryl/α,β-unsaturated/α-hetero) is 1. The monoisotopic (exact) mass is 264 g/mol. The predicted molar refractivity (Wildman–Crippen MR) is 80.5 cm³/mol. The SMILES string of the molecule is CC(=O)c1cccc(-n2cnc3cc(C)c(C)cc32)c1. The first-order valence-electron chi connectivity index (χ1n) is 6.62. The summed E-state index contributed by atoms with van der Waals surface area (Å²) in [5.74, 6) is 0.0725. The van der Waals surface area contributed by atoms with E-state index in [1.807, 2.05) is 35.2 Å². The van der Waals surface area contributed by atoms with Gasteiger partial charge in [-0.2, -0.15) is 0 Å². The summed E-state index contributed by atoms with van der Waals surface area (Å²) < 4.78 is 2.02. The number of hydrogen-bond acceptors (Lipinski definition) is 2. The van der Waals surface area contributed by atoms with Crippen molar-refractivity contribution in [1.29, 1.82) is 0 Å². The van der Waals surface area contributed by atoms with Crippen LogP contribution in [-0.4, -0.2) is 15.3 Å². The van der Waals surface area contributed by atoms with E-state index in [-0.39, 0.29) is 5.78 Å². The van der Waals surface area contributed by atoms with E-state index in [4.69, 9.17) is 0 Å². The van der Waals surface area contributed by atoms with Crippen molar-refractivity contribution in [3.8, 4) is 5.69 Å². The molecule has 3 rings (SSSR count). The number of rotatable bonds is 2. The number of imidazole rings is 1. The average molecular weight is 264 g/mol. The van der Waals surface area contributed by atoms with Crippen LogP contribution in [0.2, 0.25) is 0 Å². The minimum absolute atomic E-state index is 0.0725. The van der Waals surface area contributed by atoms with E-state index >= 15 is 0 Å². The fraction of sp³-hybridized carbons (Fsp3) is 0.176. The third kappa shape index (κ3) is 2.01. The Morgan fingerprint density at radius 1 is 1.10 bits per heavy atom. The van der Waals surface area contributed by atoms with Crippen LogP contribution in [0.1, 0.15) is 28.4 Å². The van der Waals surface area contributed by atoms with E-state index in [0.29, 0.717) is 5.56 Å². The Hall–Kier alpha value is -2.42. The van der Waals surface area contributed by atoms with E-state index in [9.17, 15) is 4.79 Å². The normalized spacial score (nSPS) is 10.9. The van der Waals surface area contributed by atoms with Crippen LogP contribution in [0, 0.1) is 13.8 Å². The maximum absolute atomic E-state index is 11.5. The number of nitrogens with zero attached hydrogens (tertiary/aromatic N) is 2. The fourth-order valence-corrected chi connectivity index (χ4v) is 2.34. The van der Waals surface area contributed by atoms with Gasteiger partial charge < -0.3 is 0 Å². The van der Waals surface area contributed by atoms with E-state index in [1.54, 1.807) is 6.92 Å². The van der Waals surface area contributed by atoms with Crippen molar-refractivity contribution >= 4 is 16.8 Å².